The summed E-state index contributed by atoms with van der Waals surface area (Å²) in [5.41, 5.74) is 3.40. The number of methoxy groups -OCH3 is 1. The van der Waals surface area contributed by atoms with Crippen LogP contribution in [-0.4, -0.2) is 23.6 Å². The molecule has 4 rings (SSSR count). The molecule has 0 bridgehead atoms. The summed E-state index contributed by atoms with van der Waals surface area (Å²) < 4.78 is 5.18. The van der Waals surface area contributed by atoms with Gasteiger partial charge in [0.05, 0.1) is 12.1 Å². The highest BCUT2D eigenvalue weighted by Crippen LogP contribution is 2.34. The second-order valence-corrected chi connectivity index (χ2v) is 6.17. The summed E-state index contributed by atoms with van der Waals surface area (Å²) in [5, 5.41) is 3.82. The third-order valence-corrected chi connectivity index (χ3v) is 4.54. The number of nitrogens with zero attached hydrogens (tertiary/aromatic N) is 3. The highest BCUT2D eigenvalue weighted by atomic mass is 35.5. The van der Waals surface area contributed by atoms with Gasteiger partial charge in [0, 0.05) is 24.0 Å². The average molecular weight is 353 g/mol. The SMILES string of the molecule is COc1ccc(Nc2cc(N3CCc4ccccc43)ncn2)cc1Cl. The number of nitrogens with one attached hydrogen (secondary N) is 1. The predicted octanol–water partition coefficient (Wildman–Crippen LogP) is 4.58. The zero-order chi connectivity index (χ0) is 17.2. The van der Waals surface area contributed by atoms with Gasteiger partial charge < -0.3 is 15.0 Å². The van der Waals surface area contributed by atoms with Gasteiger partial charge in [0.15, 0.2) is 0 Å². The zero-order valence-corrected chi connectivity index (χ0v) is 14.5. The minimum Gasteiger partial charge on any atom is -0.495 e. The van der Waals surface area contributed by atoms with Crippen LogP contribution in [0.1, 0.15) is 5.56 Å². The Balaban J connectivity index is 1.59. The van der Waals surface area contributed by atoms with E-state index in [-0.39, 0.29) is 0 Å². The van der Waals surface area contributed by atoms with Crippen LogP contribution >= 0.6 is 11.6 Å². The van der Waals surface area contributed by atoms with E-state index in [0.29, 0.717) is 10.8 Å². The number of hydrogen-bond acceptors (Lipinski definition) is 5. The van der Waals surface area contributed by atoms with Crippen LogP contribution in [0.25, 0.3) is 0 Å². The van der Waals surface area contributed by atoms with Gasteiger partial charge >= 0.3 is 0 Å². The van der Waals surface area contributed by atoms with Gasteiger partial charge in [0.1, 0.15) is 23.7 Å². The molecule has 0 spiro atoms. The number of halogens is 1. The Bertz CT molecular complexity index is 915. The summed E-state index contributed by atoms with van der Waals surface area (Å²) in [6.45, 7) is 0.921. The third kappa shape index (κ3) is 3.10. The van der Waals surface area contributed by atoms with Crippen molar-refractivity contribution in [2.45, 2.75) is 6.42 Å². The molecule has 0 amide bonds. The molecule has 1 aliphatic rings. The van der Waals surface area contributed by atoms with Gasteiger partial charge in [0.2, 0.25) is 0 Å². The van der Waals surface area contributed by atoms with Crippen LogP contribution in [0.3, 0.4) is 0 Å². The molecular weight excluding hydrogens is 336 g/mol. The lowest BCUT2D eigenvalue weighted by Crippen LogP contribution is -2.15. The van der Waals surface area contributed by atoms with E-state index < -0.39 is 0 Å². The Hall–Kier alpha value is -2.79. The smallest absolute Gasteiger partial charge is 0.138 e. The van der Waals surface area contributed by atoms with E-state index in [4.69, 9.17) is 16.3 Å². The molecule has 0 unspecified atom stereocenters. The number of anilines is 4. The van der Waals surface area contributed by atoms with Gasteiger partial charge in [-0.3, -0.25) is 0 Å². The lowest BCUT2D eigenvalue weighted by Gasteiger charge is -2.18. The van der Waals surface area contributed by atoms with Crippen LogP contribution < -0.4 is 15.0 Å². The van der Waals surface area contributed by atoms with Crippen LogP contribution in [0.2, 0.25) is 5.02 Å². The van der Waals surface area contributed by atoms with Crippen molar-refractivity contribution in [1.29, 1.82) is 0 Å². The molecule has 25 heavy (non-hydrogen) atoms. The minimum absolute atomic E-state index is 0.551. The van der Waals surface area contributed by atoms with Gasteiger partial charge in [0.25, 0.3) is 0 Å². The second-order valence-electron chi connectivity index (χ2n) is 5.77. The number of ether oxygens (including phenoxy) is 1. The molecule has 1 aromatic heterocycles. The van der Waals surface area contributed by atoms with Crippen molar-refractivity contribution in [2.24, 2.45) is 0 Å². The standard InChI is InChI=1S/C19H17ClN4O/c1-25-17-7-6-14(10-15(17)20)23-18-11-19(22-12-21-18)24-9-8-13-4-2-3-5-16(13)24/h2-7,10-12H,8-9H2,1H3,(H,21,22,23). The fraction of sp³-hybridized carbons (Fsp3) is 0.158. The summed E-state index contributed by atoms with van der Waals surface area (Å²) in [4.78, 5) is 11.0. The first-order chi connectivity index (χ1) is 12.2. The fourth-order valence-electron chi connectivity index (χ4n) is 3.03. The maximum absolute atomic E-state index is 6.18. The molecule has 0 aliphatic carbocycles. The van der Waals surface area contributed by atoms with Crippen LogP contribution in [0, 0.1) is 0 Å². The normalized spacial score (nSPS) is 12.8. The van der Waals surface area contributed by atoms with Crippen molar-refractivity contribution in [3.05, 3.63) is 65.4 Å². The van der Waals surface area contributed by atoms with Crippen LogP contribution in [0.4, 0.5) is 23.0 Å². The Morgan fingerprint density at radius 1 is 1.12 bits per heavy atom. The van der Waals surface area contributed by atoms with E-state index in [0.717, 1.165) is 30.3 Å². The monoisotopic (exact) mass is 352 g/mol. The molecular formula is C19H17ClN4O. The minimum atomic E-state index is 0.551. The Morgan fingerprint density at radius 3 is 2.84 bits per heavy atom. The van der Waals surface area contributed by atoms with E-state index in [9.17, 15) is 0 Å². The molecule has 0 saturated carbocycles. The zero-order valence-electron chi connectivity index (χ0n) is 13.7. The maximum atomic E-state index is 6.18. The fourth-order valence-corrected chi connectivity index (χ4v) is 3.29. The Kier molecular flexibility index (Phi) is 4.15. The van der Waals surface area contributed by atoms with E-state index in [1.54, 1.807) is 13.4 Å². The van der Waals surface area contributed by atoms with Gasteiger partial charge in [-0.25, -0.2) is 9.97 Å². The number of hydrogen-bond donors (Lipinski definition) is 1. The summed E-state index contributed by atoms with van der Waals surface area (Å²) in [7, 11) is 1.60. The Morgan fingerprint density at radius 2 is 2.00 bits per heavy atom. The lowest BCUT2D eigenvalue weighted by molar-refractivity contribution is 0.415. The topological polar surface area (TPSA) is 50.3 Å². The molecule has 0 radical (unpaired) electrons. The van der Waals surface area contributed by atoms with Gasteiger partial charge in [-0.1, -0.05) is 29.8 Å². The van der Waals surface area contributed by atoms with Gasteiger partial charge in [-0.15, -0.1) is 0 Å². The number of aromatic nitrogens is 2. The van der Waals surface area contributed by atoms with Gasteiger partial charge in [-0.2, -0.15) is 0 Å². The lowest BCUT2D eigenvalue weighted by atomic mass is 10.2. The summed E-state index contributed by atoms with van der Waals surface area (Å²) >= 11 is 6.18. The molecule has 6 heteroatoms. The Labute approximate surface area is 151 Å². The first-order valence-corrected chi connectivity index (χ1v) is 8.40. The molecule has 1 N–H and O–H groups in total. The molecule has 1 aliphatic heterocycles. The van der Waals surface area contributed by atoms with E-state index in [2.05, 4.69) is 44.5 Å². The molecule has 0 fully saturated rings. The van der Waals surface area contributed by atoms with Crippen molar-refractivity contribution in [1.82, 2.24) is 9.97 Å². The van der Waals surface area contributed by atoms with Crippen LogP contribution in [0.5, 0.6) is 5.75 Å². The first-order valence-electron chi connectivity index (χ1n) is 8.02. The maximum Gasteiger partial charge on any atom is 0.138 e. The molecule has 0 atom stereocenters. The summed E-state index contributed by atoms with van der Waals surface area (Å²) in [6.07, 6.45) is 2.60. The van der Waals surface area contributed by atoms with Crippen LogP contribution in [0.15, 0.2) is 54.9 Å². The molecule has 2 heterocycles. The van der Waals surface area contributed by atoms with Crippen LogP contribution in [-0.2, 0) is 6.42 Å². The highest BCUT2D eigenvalue weighted by molar-refractivity contribution is 6.32. The quantitative estimate of drug-likeness (QED) is 0.745. The van der Waals surface area contributed by atoms with Crippen molar-refractivity contribution in [2.75, 3.05) is 23.9 Å². The third-order valence-electron chi connectivity index (χ3n) is 4.24. The van der Waals surface area contributed by atoms with Crippen molar-refractivity contribution < 1.29 is 4.74 Å². The highest BCUT2D eigenvalue weighted by Gasteiger charge is 2.21. The van der Waals surface area contributed by atoms with Crippen molar-refractivity contribution >= 4 is 34.6 Å². The second kappa shape index (κ2) is 6.61. The molecule has 126 valence electrons. The van der Waals surface area contributed by atoms with E-state index in [1.807, 2.05) is 24.3 Å². The van der Waals surface area contributed by atoms with Gasteiger partial charge in [-0.05, 0) is 36.2 Å². The number of benzene rings is 2. The van der Waals surface area contributed by atoms with Crippen molar-refractivity contribution in [3.63, 3.8) is 0 Å². The van der Waals surface area contributed by atoms with E-state index in [1.165, 1.54) is 11.3 Å². The molecule has 0 saturated heterocycles. The average Bonchev–Trinajstić information content (AvgIpc) is 3.06. The first kappa shape index (κ1) is 15.7. The molecule has 5 nitrogen and oxygen atoms in total. The number of fused-ring (bicyclic) bond motifs is 1. The summed E-state index contributed by atoms with van der Waals surface area (Å²) in [6, 6.07) is 15.9. The summed E-state index contributed by atoms with van der Waals surface area (Å²) in [5.74, 6) is 2.24. The van der Waals surface area contributed by atoms with Crippen molar-refractivity contribution in [3.8, 4) is 5.75 Å². The molecule has 3 aromatic rings. The largest absolute Gasteiger partial charge is 0.495 e. The van der Waals surface area contributed by atoms with E-state index >= 15 is 0 Å². The number of para-hydroxylation sites is 1. The number of rotatable bonds is 4. The molecule has 2 aromatic carbocycles. The predicted molar refractivity (Wildman–Crippen MR) is 100 cm³/mol.